The number of halogens is 1. The number of ketones is 1. The molecule has 140 valence electrons. The van der Waals surface area contributed by atoms with Crippen molar-refractivity contribution in [3.8, 4) is 5.69 Å². The molecule has 0 saturated heterocycles. The van der Waals surface area contributed by atoms with Gasteiger partial charge < -0.3 is 5.32 Å². The number of nitrogens with one attached hydrogen (secondary N) is 1. The van der Waals surface area contributed by atoms with Gasteiger partial charge in [-0.2, -0.15) is 5.10 Å². The summed E-state index contributed by atoms with van der Waals surface area (Å²) in [5, 5.41) is 8.20. The number of thiophene rings is 1. The Balaban J connectivity index is 1.67. The van der Waals surface area contributed by atoms with Gasteiger partial charge >= 0.3 is 0 Å². The molecule has 0 aliphatic carbocycles. The second kappa shape index (κ2) is 7.01. The molecule has 1 N–H and O–H groups in total. The molecule has 0 atom stereocenters. The quantitative estimate of drug-likeness (QED) is 0.497. The third-order valence-corrected chi connectivity index (χ3v) is 5.48. The number of carbonyl (C=O) groups is 2. The highest BCUT2D eigenvalue weighted by Gasteiger charge is 2.17. The first-order valence-electron chi connectivity index (χ1n) is 8.60. The molecule has 0 unspecified atom stereocenters. The summed E-state index contributed by atoms with van der Waals surface area (Å²) in [7, 11) is 0. The molecule has 4 aromatic rings. The molecule has 0 spiro atoms. The van der Waals surface area contributed by atoms with Gasteiger partial charge in [-0.1, -0.05) is 12.1 Å². The SMILES string of the molecule is CC(=O)c1cccc(NC(=O)c2cc3c(C)nn(-c4ccc(F)cc4)c3s2)c1. The van der Waals surface area contributed by atoms with Crippen LogP contribution in [0, 0.1) is 12.7 Å². The lowest BCUT2D eigenvalue weighted by molar-refractivity contribution is 0.101. The fourth-order valence-corrected chi connectivity index (χ4v) is 4.00. The van der Waals surface area contributed by atoms with Crippen molar-refractivity contribution in [1.82, 2.24) is 9.78 Å². The predicted octanol–water partition coefficient (Wildman–Crippen LogP) is 4.99. The van der Waals surface area contributed by atoms with Gasteiger partial charge in [0.2, 0.25) is 0 Å². The number of hydrogen-bond acceptors (Lipinski definition) is 4. The van der Waals surface area contributed by atoms with Crippen LogP contribution in [0.4, 0.5) is 10.1 Å². The zero-order valence-corrected chi connectivity index (χ0v) is 16.0. The molecule has 0 aliphatic rings. The van der Waals surface area contributed by atoms with Gasteiger partial charge in [0.15, 0.2) is 5.78 Å². The lowest BCUT2D eigenvalue weighted by atomic mass is 10.1. The maximum atomic E-state index is 13.2. The minimum Gasteiger partial charge on any atom is -0.321 e. The third kappa shape index (κ3) is 3.32. The average molecular weight is 393 g/mol. The van der Waals surface area contributed by atoms with Crippen molar-refractivity contribution in [3.05, 3.63) is 76.5 Å². The van der Waals surface area contributed by atoms with Gasteiger partial charge in [0.1, 0.15) is 10.6 Å². The van der Waals surface area contributed by atoms with Crippen molar-refractivity contribution in [3.63, 3.8) is 0 Å². The smallest absolute Gasteiger partial charge is 0.265 e. The first kappa shape index (κ1) is 18.1. The standard InChI is InChI=1S/C21H16FN3O2S/c1-12-18-11-19(20(27)23-16-5-3-4-14(10-16)13(2)26)28-21(18)25(24-12)17-8-6-15(22)7-9-17/h3-11H,1-2H3,(H,23,27). The van der Waals surface area contributed by atoms with Gasteiger partial charge in [0.25, 0.3) is 5.91 Å². The molecule has 2 aromatic heterocycles. The molecule has 1 amide bonds. The minimum atomic E-state index is -0.317. The van der Waals surface area contributed by atoms with Gasteiger partial charge in [-0.15, -0.1) is 11.3 Å². The van der Waals surface area contributed by atoms with Gasteiger partial charge in [-0.3, -0.25) is 9.59 Å². The zero-order chi connectivity index (χ0) is 19.8. The van der Waals surface area contributed by atoms with Gasteiger partial charge in [0.05, 0.1) is 16.3 Å². The van der Waals surface area contributed by atoms with Crippen molar-refractivity contribution < 1.29 is 14.0 Å². The Labute approximate surface area is 164 Å². The van der Waals surface area contributed by atoms with E-state index in [4.69, 9.17) is 0 Å². The second-order valence-electron chi connectivity index (χ2n) is 6.39. The lowest BCUT2D eigenvalue weighted by Crippen LogP contribution is -2.10. The molecule has 4 rings (SSSR count). The van der Waals surface area contributed by atoms with Crippen LogP contribution in [-0.2, 0) is 0 Å². The molecule has 2 heterocycles. The molecular weight excluding hydrogens is 377 g/mol. The highest BCUT2D eigenvalue weighted by Crippen LogP contribution is 2.31. The number of hydrogen-bond donors (Lipinski definition) is 1. The van der Waals surface area contributed by atoms with Crippen LogP contribution in [0.5, 0.6) is 0 Å². The molecule has 7 heteroatoms. The van der Waals surface area contributed by atoms with Crippen molar-refractivity contribution in [2.75, 3.05) is 5.32 Å². The van der Waals surface area contributed by atoms with Crippen LogP contribution in [0.2, 0.25) is 0 Å². The summed E-state index contributed by atoms with van der Waals surface area (Å²) >= 11 is 1.31. The largest absolute Gasteiger partial charge is 0.321 e. The normalized spacial score (nSPS) is 11.0. The number of nitrogens with zero attached hydrogens (tertiary/aromatic N) is 2. The summed E-state index contributed by atoms with van der Waals surface area (Å²) < 4.78 is 14.9. The highest BCUT2D eigenvalue weighted by atomic mass is 32.1. The number of benzene rings is 2. The second-order valence-corrected chi connectivity index (χ2v) is 7.42. The number of anilines is 1. The van der Waals surface area contributed by atoms with E-state index >= 15 is 0 Å². The average Bonchev–Trinajstić information content (AvgIpc) is 3.24. The lowest BCUT2D eigenvalue weighted by Gasteiger charge is -2.05. The molecule has 0 bridgehead atoms. The first-order chi connectivity index (χ1) is 13.4. The Kier molecular flexibility index (Phi) is 4.52. The Morgan fingerprint density at radius 3 is 2.57 bits per heavy atom. The molecule has 28 heavy (non-hydrogen) atoms. The topological polar surface area (TPSA) is 64.0 Å². The van der Waals surface area contributed by atoms with E-state index in [1.165, 1.54) is 30.4 Å². The first-order valence-corrected chi connectivity index (χ1v) is 9.41. The summed E-state index contributed by atoms with van der Waals surface area (Å²) in [5.74, 6) is -0.636. The number of rotatable bonds is 4. The van der Waals surface area contributed by atoms with Crippen LogP contribution in [-0.4, -0.2) is 21.5 Å². The van der Waals surface area contributed by atoms with Gasteiger partial charge in [-0.25, -0.2) is 9.07 Å². The highest BCUT2D eigenvalue weighted by molar-refractivity contribution is 7.20. The number of amides is 1. The predicted molar refractivity (Wildman–Crippen MR) is 108 cm³/mol. The Bertz CT molecular complexity index is 1210. The minimum absolute atomic E-state index is 0.0621. The third-order valence-electron chi connectivity index (χ3n) is 4.37. The summed E-state index contributed by atoms with van der Waals surface area (Å²) in [6, 6.07) is 14.7. The Morgan fingerprint density at radius 1 is 1.11 bits per heavy atom. The number of aryl methyl sites for hydroxylation is 1. The summed E-state index contributed by atoms with van der Waals surface area (Å²) in [4.78, 5) is 25.6. The van der Waals surface area contributed by atoms with E-state index in [9.17, 15) is 14.0 Å². The van der Waals surface area contributed by atoms with Crippen LogP contribution in [0.15, 0.2) is 54.6 Å². The molecule has 5 nitrogen and oxygen atoms in total. The fourth-order valence-electron chi connectivity index (χ4n) is 2.93. The summed E-state index contributed by atoms with van der Waals surface area (Å²) in [5.41, 5.74) is 2.61. The van der Waals surface area contributed by atoms with Crippen molar-refractivity contribution in [2.24, 2.45) is 0 Å². The molecule has 0 radical (unpaired) electrons. The Hall–Kier alpha value is -3.32. The van der Waals surface area contributed by atoms with E-state index in [1.807, 2.05) is 6.92 Å². The van der Waals surface area contributed by atoms with Crippen molar-refractivity contribution in [2.45, 2.75) is 13.8 Å². The maximum absolute atomic E-state index is 13.2. The van der Waals surface area contributed by atoms with Crippen LogP contribution < -0.4 is 5.32 Å². The number of Topliss-reactive ketones (excluding diaryl/α,β-unsaturated/α-hetero) is 1. The van der Waals surface area contributed by atoms with Crippen LogP contribution in [0.3, 0.4) is 0 Å². The van der Waals surface area contributed by atoms with E-state index in [0.29, 0.717) is 16.1 Å². The fraction of sp³-hybridized carbons (Fsp3) is 0.0952. The molecule has 0 fully saturated rings. The number of aromatic nitrogens is 2. The van der Waals surface area contributed by atoms with E-state index in [0.717, 1.165) is 21.6 Å². The van der Waals surface area contributed by atoms with Gasteiger partial charge in [0, 0.05) is 16.6 Å². The maximum Gasteiger partial charge on any atom is 0.265 e. The van der Waals surface area contributed by atoms with E-state index in [2.05, 4.69) is 10.4 Å². The molecule has 2 aromatic carbocycles. The van der Waals surface area contributed by atoms with Crippen LogP contribution in [0.25, 0.3) is 15.9 Å². The summed E-state index contributed by atoms with van der Waals surface area (Å²) in [6.45, 7) is 3.35. The van der Waals surface area contributed by atoms with E-state index < -0.39 is 0 Å². The van der Waals surface area contributed by atoms with Crippen LogP contribution >= 0.6 is 11.3 Å². The van der Waals surface area contributed by atoms with E-state index in [-0.39, 0.29) is 17.5 Å². The zero-order valence-electron chi connectivity index (χ0n) is 15.2. The van der Waals surface area contributed by atoms with Crippen molar-refractivity contribution >= 4 is 38.9 Å². The monoisotopic (exact) mass is 393 g/mol. The van der Waals surface area contributed by atoms with Crippen molar-refractivity contribution in [1.29, 1.82) is 0 Å². The van der Waals surface area contributed by atoms with E-state index in [1.54, 1.807) is 47.1 Å². The molecule has 0 aliphatic heterocycles. The van der Waals surface area contributed by atoms with Crippen LogP contribution in [0.1, 0.15) is 32.6 Å². The number of fused-ring (bicyclic) bond motifs is 1. The molecular formula is C21H16FN3O2S. The summed E-state index contributed by atoms with van der Waals surface area (Å²) in [6.07, 6.45) is 0. The number of carbonyl (C=O) groups excluding carboxylic acids is 2. The Morgan fingerprint density at radius 2 is 1.86 bits per heavy atom. The molecule has 0 saturated carbocycles. The van der Waals surface area contributed by atoms with Gasteiger partial charge in [-0.05, 0) is 56.3 Å².